The third-order valence-corrected chi connectivity index (χ3v) is 5.29. The molecule has 0 bridgehead atoms. The van der Waals surface area contributed by atoms with E-state index in [1.807, 2.05) is 55.5 Å². The lowest BCUT2D eigenvalue weighted by atomic mass is 10.1. The van der Waals surface area contributed by atoms with Crippen molar-refractivity contribution in [3.05, 3.63) is 70.2 Å². The van der Waals surface area contributed by atoms with Gasteiger partial charge in [-0.2, -0.15) is 0 Å². The molecule has 2 aromatic carbocycles. The van der Waals surface area contributed by atoms with E-state index in [-0.39, 0.29) is 11.9 Å². The van der Waals surface area contributed by atoms with Gasteiger partial charge in [-0.1, -0.05) is 53.6 Å². The summed E-state index contributed by atoms with van der Waals surface area (Å²) in [4.78, 5) is 28.9. The Morgan fingerprint density at radius 2 is 1.93 bits per heavy atom. The number of benzene rings is 2. The number of hydrogen-bond donors (Lipinski definition) is 1. The summed E-state index contributed by atoms with van der Waals surface area (Å²) >= 11 is 5.92. The number of likely N-dealkylation sites (tertiary alicyclic amines) is 1. The second-order valence-electron chi connectivity index (χ2n) is 7.32. The Kier molecular flexibility index (Phi) is 6.57. The second-order valence-corrected chi connectivity index (χ2v) is 7.76. The molecule has 1 unspecified atom stereocenters. The van der Waals surface area contributed by atoms with Crippen LogP contribution in [0.2, 0.25) is 5.02 Å². The molecule has 1 aliphatic rings. The first kappa shape index (κ1) is 20.2. The molecule has 0 aromatic heterocycles. The van der Waals surface area contributed by atoms with E-state index < -0.39 is 6.04 Å². The maximum Gasteiger partial charge on any atom is 0.318 e. The summed E-state index contributed by atoms with van der Waals surface area (Å²) < 4.78 is 0. The van der Waals surface area contributed by atoms with E-state index in [0.29, 0.717) is 31.1 Å². The lowest BCUT2D eigenvalue weighted by molar-refractivity contribution is -0.134. The van der Waals surface area contributed by atoms with Crippen LogP contribution < -0.4 is 5.32 Å². The molecule has 1 fully saturated rings. The third-order valence-electron chi connectivity index (χ3n) is 5.03. The maximum absolute atomic E-state index is 12.9. The minimum absolute atomic E-state index is 0.0295. The Morgan fingerprint density at radius 1 is 1.18 bits per heavy atom. The molecule has 3 amide bonds. The van der Waals surface area contributed by atoms with Crippen LogP contribution in [0.3, 0.4) is 0 Å². The highest BCUT2D eigenvalue weighted by Crippen LogP contribution is 2.20. The summed E-state index contributed by atoms with van der Waals surface area (Å²) in [7, 11) is 1.78. The van der Waals surface area contributed by atoms with Crippen molar-refractivity contribution >= 4 is 23.5 Å². The van der Waals surface area contributed by atoms with Gasteiger partial charge in [-0.25, -0.2) is 4.79 Å². The van der Waals surface area contributed by atoms with E-state index in [1.165, 1.54) is 0 Å². The van der Waals surface area contributed by atoms with E-state index in [4.69, 9.17) is 11.6 Å². The van der Waals surface area contributed by atoms with Gasteiger partial charge in [0.2, 0.25) is 5.91 Å². The molecule has 6 heteroatoms. The molecule has 2 aromatic rings. The van der Waals surface area contributed by atoms with Crippen LogP contribution in [0.25, 0.3) is 0 Å². The summed E-state index contributed by atoms with van der Waals surface area (Å²) in [5.41, 5.74) is 3.22. The van der Waals surface area contributed by atoms with Crippen molar-refractivity contribution < 1.29 is 9.59 Å². The highest BCUT2D eigenvalue weighted by molar-refractivity contribution is 6.30. The molecular weight excluding hydrogens is 374 g/mol. The lowest BCUT2D eigenvalue weighted by Crippen LogP contribution is -2.49. The number of aryl methyl sites for hydroxylation is 1. The van der Waals surface area contributed by atoms with Crippen molar-refractivity contribution in [1.29, 1.82) is 0 Å². The molecule has 1 atom stereocenters. The standard InChI is InChI=1S/C22H26ClN3O2/c1-16-5-3-6-18(13-16)14-24-22(28)26-12-4-7-20(26)21(27)25(2)15-17-8-10-19(23)11-9-17/h3,5-6,8-11,13,20H,4,7,12,14-15H2,1-2H3,(H,24,28). The minimum Gasteiger partial charge on any atom is -0.340 e. The molecule has 0 saturated carbocycles. The first-order chi connectivity index (χ1) is 13.4. The summed E-state index contributed by atoms with van der Waals surface area (Å²) in [5.74, 6) is -0.0295. The van der Waals surface area contributed by atoms with Gasteiger partial charge in [0.15, 0.2) is 0 Å². The first-order valence-corrected chi connectivity index (χ1v) is 9.91. The summed E-state index contributed by atoms with van der Waals surface area (Å²) in [5, 5.41) is 3.62. The molecular formula is C22H26ClN3O2. The average molecular weight is 400 g/mol. The van der Waals surface area contributed by atoms with Crippen molar-refractivity contribution in [3.8, 4) is 0 Å². The van der Waals surface area contributed by atoms with Crippen LogP contribution in [0.4, 0.5) is 4.79 Å². The smallest absolute Gasteiger partial charge is 0.318 e. The van der Waals surface area contributed by atoms with Crippen molar-refractivity contribution in [3.63, 3.8) is 0 Å². The Balaban J connectivity index is 1.58. The van der Waals surface area contributed by atoms with E-state index in [1.54, 1.807) is 16.8 Å². The number of hydrogen-bond acceptors (Lipinski definition) is 2. The quantitative estimate of drug-likeness (QED) is 0.826. The van der Waals surface area contributed by atoms with Crippen LogP contribution in [-0.2, 0) is 17.9 Å². The molecule has 3 rings (SSSR count). The zero-order chi connectivity index (χ0) is 20.1. The molecule has 1 aliphatic heterocycles. The number of likely N-dealkylation sites (N-methyl/N-ethyl adjacent to an activating group) is 1. The van der Waals surface area contributed by atoms with Gasteiger partial charge in [0.1, 0.15) is 6.04 Å². The van der Waals surface area contributed by atoms with Crippen molar-refractivity contribution in [2.24, 2.45) is 0 Å². The molecule has 1 heterocycles. The number of nitrogens with zero attached hydrogens (tertiary/aromatic N) is 2. The highest BCUT2D eigenvalue weighted by atomic mass is 35.5. The molecule has 5 nitrogen and oxygen atoms in total. The fourth-order valence-corrected chi connectivity index (χ4v) is 3.69. The van der Waals surface area contributed by atoms with Gasteiger partial charge in [-0.3, -0.25) is 4.79 Å². The summed E-state index contributed by atoms with van der Waals surface area (Å²) in [6, 6.07) is 14.9. The number of amides is 3. The number of rotatable bonds is 5. The van der Waals surface area contributed by atoms with Gasteiger partial charge in [-0.05, 0) is 43.0 Å². The van der Waals surface area contributed by atoms with Crippen LogP contribution in [0.15, 0.2) is 48.5 Å². The highest BCUT2D eigenvalue weighted by Gasteiger charge is 2.35. The largest absolute Gasteiger partial charge is 0.340 e. The Bertz CT molecular complexity index is 838. The van der Waals surface area contributed by atoms with Crippen LogP contribution >= 0.6 is 11.6 Å². The first-order valence-electron chi connectivity index (χ1n) is 9.53. The van der Waals surface area contributed by atoms with Gasteiger partial charge in [0.05, 0.1) is 0 Å². The number of nitrogens with one attached hydrogen (secondary N) is 1. The Hall–Kier alpha value is -2.53. The summed E-state index contributed by atoms with van der Waals surface area (Å²) in [6.07, 6.45) is 1.53. The molecule has 148 valence electrons. The Labute approximate surface area is 171 Å². The maximum atomic E-state index is 12.9. The second kappa shape index (κ2) is 9.11. The van der Waals surface area contributed by atoms with E-state index >= 15 is 0 Å². The number of halogens is 1. The predicted molar refractivity (Wildman–Crippen MR) is 111 cm³/mol. The van der Waals surface area contributed by atoms with Gasteiger partial charge in [-0.15, -0.1) is 0 Å². The molecule has 0 aliphatic carbocycles. The van der Waals surface area contributed by atoms with E-state index in [2.05, 4.69) is 5.32 Å². The van der Waals surface area contributed by atoms with E-state index in [9.17, 15) is 9.59 Å². The monoisotopic (exact) mass is 399 g/mol. The average Bonchev–Trinajstić information content (AvgIpc) is 3.17. The van der Waals surface area contributed by atoms with E-state index in [0.717, 1.165) is 23.1 Å². The number of urea groups is 1. The van der Waals surface area contributed by atoms with Crippen molar-refractivity contribution in [1.82, 2.24) is 15.1 Å². The van der Waals surface area contributed by atoms with Crippen molar-refractivity contribution in [2.45, 2.75) is 38.9 Å². The summed E-state index contributed by atoms with van der Waals surface area (Å²) in [6.45, 7) is 3.58. The molecule has 1 N–H and O–H groups in total. The third kappa shape index (κ3) is 5.04. The lowest BCUT2D eigenvalue weighted by Gasteiger charge is -2.28. The van der Waals surface area contributed by atoms with Crippen LogP contribution in [0, 0.1) is 6.92 Å². The van der Waals surface area contributed by atoms with Crippen LogP contribution in [0.5, 0.6) is 0 Å². The molecule has 0 spiro atoms. The van der Waals surface area contributed by atoms with Crippen molar-refractivity contribution in [2.75, 3.05) is 13.6 Å². The van der Waals surface area contributed by atoms with Gasteiger partial charge in [0, 0.05) is 31.7 Å². The minimum atomic E-state index is -0.408. The zero-order valence-electron chi connectivity index (χ0n) is 16.3. The molecule has 1 saturated heterocycles. The van der Waals surface area contributed by atoms with Gasteiger partial charge < -0.3 is 15.1 Å². The fraction of sp³-hybridized carbons (Fsp3) is 0.364. The SMILES string of the molecule is Cc1cccc(CNC(=O)N2CCCC2C(=O)N(C)Cc2ccc(Cl)cc2)c1. The van der Waals surface area contributed by atoms with Gasteiger partial charge in [0.25, 0.3) is 0 Å². The fourth-order valence-electron chi connectivity index (χ4n) is 3.56. The predicted octanol–water partition coefficient (Wildman–Crippen LogP) is 3.98. The zero-order valence-corrected chi connectivity index (χ0v) is 17.1. The topological polar surface area (TPSA) is 52.7 Å². The molecule has 28 heavy (non-hydrogen) atoms. The molecule has 0 radical (unpaired) electrons. The number of carbonyl (C=O) groups excluding carboxylic acids is 2. The Morgan fingerprint density at radius 3 is 2.64 bits per heavy atom. The van der Waals surface area contributed by atoms with Gasteiger partial charge >= 0.3 is 6.03 Å². The van der Waals surface area contributed by atoms with Crippen LogP contribution in [-0.4, -0.2) is 41.4 Å². The number of carbonyl (C=O) groups is 2. The normalized spacial score (nSPS) is 16.1. The van der Waals surface area contributed by atoms with Crippen LogP contribution in [0.1, 0.15) is 29.5 Å².